The van der Waals surface area contributed by atoms with Crippen LogP contribution < -0.4 is 19.6 Å². The van der Waals surface area contributed by atoms with Gasteiger partial charge in [0.15, 0.2) is 4.80 Å². The average molecular weight is 483 g/mol. The summed E-state index contributed by atoms with van der Waals surface area (Å²) in [7, 11) is 3.02. The van der Waals surface area contributed by atoms with Crippen molar-refractivity contribution in [2.75, 3.05) is 14.2 Å². The lowest BCUT2D eigenvalue weighted by Gasteiger charge is -2.22. The zero-order valence-corrected chi connectivity index (χ0v) is 21.1. The molecule has 0 amide bonds. The van der Waals surface area contributed by atoms with Crippen LogP contribution in [0.4, 0.5) is 0 Å². The molecule has 1 atom stereocenters. The second kappa shape index (κ2) is 9.11. The Bertz CT molecular complexity index is 1430. The molecule has 1 aliphatic heterocycles. The van der Waals surface area contributed by atoms with Crippen LogP contribution in [-0.4, -0.2) is 24.8 Å². The van der Waals surface area contributed by atoms with Gasteiger partial charge in [0.1, 0.15) is 11.8 Å². The summed E-state index contributed by atoms with van der Waals surface area (Å²) in [5.74, 6) is 0.645. The zero-order valence-electron chi connectivity index (χ0n) is 19.5. The number of hydrogen-bond donors (Lipinski definition) is 0. The highest BCUT2D eigenvalue weighted by atomic mass is 32.1. The monoisotopic (exact) mass is 482 g/mol. The molecular formula is C25H26N2O4S2. The number of nitrogens with zero attached hydrogens (tertiary/aromatic N) is 2. The molecule has 6 nitrogen and oxygen atoms in total. The van der Waals surface area contributed by atoms with Crippen molar-refractivity contribution in [1.29, 1.82) is 0 Å². The molecule has 0 aliphatic carbocycles. The van der Waals surface area contributed by atoms with Crippen molar-refractivity contribution in [3.8, 4) is 5.75 Å². The van der Waals surface area contributed by atoms with E-state index in [-0.39, 0.29) is 11.5 Å². The number of allylic oxidation sites excluding steroid dienone is 1. The molecule has 2 aromatic heterocycles. The number of aryl methyl sites for hydroxylation is 1. The summed E-state index contributed by atoms with van der Waals surface area (Å²) in [5.41, 5.74) is 3.84. The van der Waals surface area contributed by atoms with Crippen molar-refractivity contribution in [2.45, 2.75) is 39.7 Å². The summed E-state index contributed by atoms with van der Waals surface area (Å²) < 4.78 is 12.8. The van der Waals surface area contributed by atoms with E-state index in [9.17, 15) is 9.59 Å². The topological polar surface area (TPSA) is 69.9 Å². The fourth-order valence-corrected chi connectivity index (χ4v) is 5.91. The van der Waals surface area contributed by atoms with Crippen molar-refractivity contribution >= 4 is 34.7 Å². The van der Waals surface area contributed by atoms with E-state index in [2.05, 4.69) is 24.9 Å². The van der Waals surface area contributed by atoms with Gasteiger partial charge in [0.05, 0.1) is 30.0 Å². The van der Waals surface area contributed by atoms with Crippen LogP contribution in [0.15, 0.2) is 50.7 Å². The number of rotatable bonds is 5. The Balaban J connectivity index is 1.95. The largest absolute Gasteiger partial charge is 0.496 e. The van der Waals surface area contributed by atoms with Crippen molar-refractivity contribution in [2.24, 2.45) is 4.99 Å². The van der Waals surface area contributed by atoms with Gasteiger partial charge in [-0.1, -0.05) is 31.3 Å². The van der Waals surface area contributed by atoms with E-state index in [4.69, 9.17) is 9.47 Å². The van der Waals surface area contributed by atoms with Crippen LogP contribution in [0.25, 0.3) is 6.08 Å². The number of carbonyl (C=O) groups is 1. The summed E-state index contributed by atoms with van der Waals surface area (Å²) in [6.07, 6.45) is 1.91. The van der Waals surface area contributed by atoms with Gasteiger partial charge in [-0.25, -0.2) is 9.79 Å². The zero-order chi connectivity index (χ0) is 23.9. The molecule has 33 heavy (non-hydrogen) atoms. The molecule has 4 rings (SSSR count). The summed E-state index contributed by atoms with van der Waals surface area (Å²) in [4.78, 5) is 32.3. The average Bonchev–Trinajstić information content (AvgIpc) is 3.42. The highest BCUT2D eigenvalue weighted by Crippen LogP contribution is 2.33. The van der Waals surface area contributed by atoms with Gasteiger partial charge in [0.25, 0.3) is 5.56 Å². The smallest absolute Gasteiger partial charge is 0.338 e. The number of benzene rings is 1. The van der Waals surface area contributed by atoms with Crippen LogP contribution >= 0.6 is 22.7 Å². The van der Waals surface area contributed by atoms with Gasteiger partial charge >= 0.3 is 5.97 Å². The number of ether oxygens (including phenoxy) is 2. The van der Waals surface area contributed by atoms with Crippen LogP contribution in [0.2, 0.25) is 0 Å². The molecule has 8 heteroatoms. The van der Waals surface area contributed by atoms with Crippen LogP contribution in [0.1, 0.15) is 54.3 Å². The van der Waals surface area contributed by atoms with Crippen molar-refractivity contribution in [3.05, 3.63) is 82.2 Å². The number of aromatic nitrogens is 1. The Morgan fingerprint density at radius 2 is 2.00 bits per heavy atom. The first-order chi connectivity index (χ1) is 15.8. The van der Waals surface area contributed by atoms with Crippen LogP contribution in [0, 0.1) is 6.92 Å². The molecule has 0 radical (unpaired) electrons. The maximum Gasteiger partial charge on any atom is 0.338 e. The Hall–Kier alpha value is -2.97. The van der Waals surface area contributed by atoms with Crippen LogP contribution in [0.5, 0.6) is 5.75 Å². The molecule has 1 aliphatic rings. The summed E-state index contributed by atoms with van der Waals surface area (Å²) in [5, 5.41) is 1.93. The molecule has 0 bridgehead atoms. The molecular weight excluding hydrogens is 456 g/mol. The normalized spacial score (nSPS) is 16.1. The number of fused-ring (bicyclic) bond motifs is 1. The minimum absolute atomic E-state index is 0.174. The molecule has 0 spiro atoms. The number of methoxy groups -OCH3 is 2. The third-order valence-electron chi connectivity index (χ3n) is 5.77. The first-order valence-electron chi connectivity index (χ1n) is 10.6. The molecule has 1 unspecified atom stereocenters. The minimum atomic E-state index is -0.556. The molecule has 0 fully saturated rings. The molecule has 0 saturated heterocycles. The van der Waals surface area contributed by atoms with E-state index < -0.39 is 12.0 Å². The van der Waals surface area contributed by atoms with E-state index in [1.54, 1.807) is 18.6 Å². The Labute approximate surface area is 200 Å². The maximum absolute atomic E-state index is 13.6. The number of thiophene rings is 1. The number of thiazole rings is 1. The van der Waals surface area contributed by atoms with Gasteiger partial charge in [-0.05, 0) is 66.1 Å². The molecule has 0 saturated carbocycles. The van der Waals surface area contributed by atoms with Gasteiger partial charge in [0, 0.05) is 4.88 Å². The fourth-order valence-electron chi connectivity index (χ4n) is 4.05. The highest BCUT2D eigenvalue weighted by Gasteiger charge is 2.33. The van der Waals surface area contributed by atoms with Crippen molar-refractivity contribution < 1.29 is 14.3 Å². The number of hydrogen-bond acceptors (Lipinski definition) is 7. The second-order valence-electron chi connectivity index (χ2n) is 8.19. The lowest BCUT2D eigenvalue weighted by atomic mass is 9.96. The summed E-state index contributed by atoms with van der Waals surface area (Å²) in [6, 6.07) is 7.37. The van der Waals surface area contributed by atoms with Gasteiger partial charge in [-0.2, -0.15) is 0 Å². The number of carbonyl (C=O) groups excluding carboxylic acids is 1. The van der Waals surface area contributed by atoms with Crippen LogP contribution in [0.3, 0.4) is 0 Å². The van der Waals surface area contributed by atoms with Gasteiger partial charge in [-0.3, -0.25) is 9.36 Å². The van der Waals surface area contributed by atoms with E-state index in [0.717, 1.165) is 27.3 Å². The standard InChI is InChI=1S/C25H26N2O4S2/c1-13(2)17-11-16(14(3)10-18(17)30-5)12-20-23(28)27-22(19-8-7-9-32-19)21(24(29)31-6)15(4)26-25(27)33-20/h7-13,22H,1-6H3. The minimum Gasteiger partial charge on any atom is -0.496 e. The van der Waals surface area contributed by atoms with Gasteiger partial charge in [0.2, 0.25) is 0 Å². The number of esters is 1. The van der Waals surface area contributed by atoms with E-state index in [0.29, 0.717) is 20.6 Å². The van der Waals surface area contributed by atoms with Gasteiger partial charge in [-0.15, -0.1) is 11.3 Å². The maximum atomic E-state index is 13.6. The quantitative estimate of drug-likeness (QED) is 0.517. The second-order valence-corrected chi connectivity index (χ2v) is 10.2. The molecule has 172 valence electrons. The lowest BCUT2D eigenvalue weighted by Crippen LogP contribution is -2.39. The summed E-state index contributed by atoms with van der Waals surface area (Å²) >= 11 is 2.83. The van der Waals surface area contributed by atoms with E-state index in [1.807, 2.05) is 36.6 Å². The first-order valence-corrected chi connectivity index (χ1v) is 12.3. The van der Waals surface area contributed by atoms with Gasteiger partial charge < -0.3 is 9.47 Å². The molecule has 1 aromatic carbocycles. The van der Waals surface area contributed by atoms with Crippen molar-refractivity contribution in [3.63, 3.8) is 0 Å². The first kappa shape index (κ1) is 23.2. The summed E-state index contributed by atoms with van der Waals surface area (Å²) in [6.45, 7) is 8.02. The molecule has 3 aromatic rings. The predicted octanol–water partition coefficient (Wildman–Crippen LogP) is 3.91. The van der Waals surface area contributed by atoms with E-state index >= 15 is 0 Å². The molecule has 0 N–H and O–H groups in total. The Morgan fingerprint density at radius 1 is 1.24 bits per heavy atom. The molecule has 3 heterocycles. The van der Waals surface area contributed by atoms with Crippen molar-refractivity contribution in [1.82, 2.24) is 4.57 Å². The highest BCUT2D eigenvalue weighted by molar-refractivity contribution is 7.10. The predicted molar refractivity (Wildman–Crippen MR) is 132 cm³/mol. The van der Waals surface area contributed by atoms with Crippen LogP contribution in [-0.2, 0) is 9.53 Å². The lowest BCUT2D eigenvalue weighted by molar-refractivity contribution is -0.136. The fraction of sp³-hybridized carbons (Fsp3) is 0.320. The Kier molecular flexibility index (Phi) is 6.41. The van der Waals surface area contributed by atoms with E-state index in [1.165, 1.54) is 29.8 Å². The Morgan fingerprint density at radius 3 is 2.61 bits per heavy atom. The SMILES string of the molecule is COC(=O)C1=C(C)N=c2sc(=Cc3cc(C(C)C)c(OC)cc3C)c(=O)n2C1c1cccs1. The third kappa shape index (κ3) is 4.09. The third-order valence-corrected chi connectivity index (χ3v) is 7.67.